The van der Waals surface area contributed by atoms with Crippen molar-refractivity contribution >= 4 is 34.7 Å². The maximum atomic E-state index is 6.22. The van der Waals surface area contributed by atoms with Crippen LogP contribution in [0.25, 0.3) is 0 Å². The molecule has 1 aliphatic rings. The third-order valence-electron chi connectivity index (χ3n) is 3.82. The van der Waals surface area contributed by atoms with Gasteiger partial charge in [0.2, 0.25) is 0 Å². The van der Waals surface area contributed by atoms with Crippen molar-refractivity contribution in [2.75, 3.05) is 11.4 Å². The van der Waals surface area contributed by atoms with Crippen LogP contribution in [0.5, 0.6) is 0 Å². The number of hydrogen-bond acceptors (Lipinski definition) is 2. The summed E-state index contributed by atoms with van der Waals surface area (Å²) in [4.78, 5) is 5.07. The molecule has 21 heavy (non-hydrogen) atoms. The van der Waals surface area contributed by atoms with Gasteiger partial charge in [-0.15, -0.1) is 0 Å². The zero-order valence-electron chi connectivity index (χ0n) is 12.3. The fourth-order valence-electron chi connectivity index (χ4n) is 2.74. The molecule has 0 aromatic heterocycles. The van der Waals surface area contributed by atoms with E-state index in [-0.39, 0.29) is 0 Å². The van der Waals surface area contributed by atoms with Crippen molar-refractivity contribution in [2.45, 2.75) is 42.4 Å². The summed E-state index contributed by atoms with van der Waals surface area (Å²) in [6.45, 7) is 3.31. The molecular weight excluding hydrogens is 298 g/mol. The summed E-state index contributed by atoms with van der Waals surface area (Å²) in [7, 11) is 0. The summed E-state index contributed by atoms with van der Waals surface area (Å²) in [5.41, 5.74) is 2.57. The Bertz CT molecular complexity index is 626. The molecule has 0 aliphatic carbocycles. The minimum absolute atomic E-state index is 0.812. The molecule has 2 aromatic rings. The molecule has 1 nitrogen and oxygen atoms in total. The van der Waals surface area contributed by atoms with Crippen molar-refractivity contribution < 1.29 is 0 Å². The number of halogens is 1. The van der Waals surface area contributed by atoms with E-state index in [1.165, 1.54) is 46.8 Å². The number of hydrogen-bond donors (Lipinski definition) is 0. The van der Waals surface area contributed by atoms with Crippen LogP contribution in [0.4, 0.5) is 11.4 Å². The van der Waals surface area contributed by atoms with Crippen molar-refractivity contribution in [3.8, 4) is 0 Å². The van der Waals surface area contributed by atoms with E-state index in [9.17, 15) is 0 Å². The molecule has 0 radical (unpaired) electrons. The fourth-order valence-corrected chi connectivity index (χ4v) is 3.98. The number of rotatable bonds is 5. The molecule has 0 saturated carbocycles. The highest BCUT2D eigenvalue weighted by atomic mass is 35.5. The Morgan fingerprint density at radius 1 is 0.952 bits per heavy atom. The van der Waals surface area contributed by atoms with E-state index in [0.29, 0.717) is 0 Å². The highest BCUT2D eigenvalue weighted by Gasteiger charge is 2.22. The molecule has 1 aliphatic heterocycles. The highest BCUT2D eigenvalue weighted by molar-refractivity contribution is 7.99. The molecule has 0 saturated heterocycles. The van der Waals surface area contributed by atoms with Gasteiger partial charge < -0.3 is 4.90 Å². The average Bonchev–Trinajstić information content (AvgIpc) is 2.51. The second kappa shape index (κ2) is 6.76. The lowest BCUT2D eigenvalue weighted by Crippen LogP contribution is -2.21. The Hall–Kier alpha value is -1.12. The molecule has 0 spiro atoms. The van der Waals surface area contributed by atoms with E-state index >= 15 is 0 Å². The molecule has 0 amide bonds. The molecule has 0 fully saturated rings. The summed E-state index contributed by atoms with van der Waals surface area (Å²) in [6.07, 6.45) is 5.10. The first-order valence-electron chi connectivity index (χ1n) is 7.63. The van der Waals surface area contributed by atoms with Crippen LogP contribution >= 0.6 is 23.4 Å². The van der Waals surface area contributed by atoms with Crippen LogP contribution in [0.2, 0.25) is 5.02 Å². The quantitative estimate of drug-likeness (QED) is 0.577. The van der Waals surface area contributed by atoms with Crippen LogP contribution in [-0.4, -0.2) is 6.54 Å². The lowest BCUT2D eigenvalue weighted by atomic mass is 10.1. The van der Waals surface area contributed by atoms with Gasteiger partial charge in [0, 0.05) is 21.4 Å². The molecule has 0 atom stereocenters. The van der Waals surface area contributed by atoms with Crippen LogP contribution in [0, 0.1) is 0 Å². The number of nitrogens with zero attached hydrogens (tertiary/aromatic N) is 1. The minimum atomic E-state index is 0.812. The number of anilines is 2. The van der Waals surface area contributed by atoms with Crippen LogP contribution in [-0.2, 0) is 0 Å². The SMILES string of the molecule is CCCCCCN1c2ccccc2Sc2ccc(Cl)cc21. The summed E-state index contributed by atoms with van der Waals surface area (Å²) in [6, 6.07) is 14.9. The van der Waals surface area contributed by atoms with Gasteiger partial charge in [-0.3, -0.25) is 0 Å². The Kier molecular flexibility index (Phi) is 4.77. The molecule has 0 unspecified atom stereocenters. The molecule has 3 rings (SSSR count). The van der Waals surface area contributed by atoms with Crippen LogP contribution in [0.3, 0.4) is 0 Å². The highest BCUT2D eigenvalue weighted by Crippen LogP contribution is 2.48. The second-order valence-corrected chi connectivity index (χ2v) is 6.91. The number of unbranched alkanes of at least 4 members (excludes halogenated alkanes) is 3. The molecule has 0 N–H and O–H groups in total. The lowest BCUT2D eigenvalue weighted by molar-refractivity contribution is 0.666. The van der Waals surface area contributed by atoms with Gasteiger partial charge in [0.1, 0.15) is 0 Å². The zero-order valence-corrected chi connectivity index (χ0v) is 13.9. The molecule has 2 aromatic carbocycles. The van der Waals surface area contributed by atoms with Gasteiger partial charge in [0.25, 0.3) is 0 Å². The zero-order chi connectivity index (χ0) is 14.7. The van der Waals surface area contributed by atoms with Crippen LogP contribution < -0.4 is 4.90 Å². The third kappa shape index (κ3) is 3.22. The Morgan fingerprint density at radius 3 is 2.62 bits per heavy atom. The van der Waals surface area contributed by atoms with Gasteiger partial charge in [-0.2, -0.15) is 0 Å². The van der Waals surface area contributed by atoms with Crippen LogP contribution in [0.1, 0.15) is 32.6 Å². The van der Waals surface area contributed by atoms with Gasteiger partial charge >= 0.3 is 0 Å². The summed E-state index contributed by atoms with van der Waals surface area (Å²) in [5.74, 6) is 0. The summed E-state index contributed by atoms with van der Waals surface area (Å²) >= 11 is 8.06. The van der Waals surface area contributed by atoms with Gasteiger partial charge in [-0.1, -0.05) is 61.7 Å². The minimum Gasteiger partial charge on any atom is -0.340 e. The second-order valence-electron chi connectivity index (χ2n) is 5.39. The maximum Gasteiger partial charge on any atom is 0.0567 e. The van der Waals surface area contributed by atoms with Crippen molar-refractivity contribution in [1.29, 1.82) is 0 Å². The smallest absolute Gasteiger partial charge is 0.0567 e. The molecule has 3 heteroatoms. The van der Waals surface area contributed by atoms with E-state index in [2.05, 4.69) is 48.2 Å². The lowest BCUT2D eigenvalue weighted by Gasteiger charge is -2.33. The molecule has 1 heterocycles. The van der Waals surface area contributed by atoms with Gasteiger partial charge in [0.05, 0.1) is 11.4 Å². The Labute approximate surface area is 136 Å². The average molecular weight is 318 g/mol. The normalized spacial score (nSPS) is 13.0. The fraction of sp³-hybridized carbons (Fsp3) is 0.333. The maximum absolute atomic E-state index is 6.22. The predicted octanol–water partition coefficient (Wildman–Crippen LogP) is 6.52. The van der Waals surface area contributed by atoms with Gasteiger partial charge in [-0.05, 0) is 36.8 Å². The summed E-state index contributed by atoms with van der Waals surface area (Å²) in [5, 5.41) is 0.812. The third-order valence-corrected chi connectivity index (χ3v) is 5.19. The first-order valence-corrected chi connectivity index (χ1v) is 8.83. The standard InChI is InChI=1S/C18H20ClNS/c1-2-3-4-7-12-20-15-8-5-6-9-17(15)21-18-11-10-14(19)13-16(18)20/h5-6,8-11,13H,2-4,7,12H2,1H3. The van der Waals surface area contributed by atoms with Gasteiger partial charge in [-0.25, -0.2) is 0 Å². The first kappa shape index (κ1) is 14.8. The number of benzene rings is 2. The van der Waals surface area contributed by atoms with E-state index in [1.54, 1.807) is 0 Å². The molecule has 0 bridgehead atoms. The van der Waals surface area contributed by atoms with Crippen molar-refractivity contribution in [1.82, 2.24) is 0 Å². The first-order chi connectivity index (χ1) is 10.3. The van der Waals surface area contributed by atoms with Crippen molar-refractivity contribution in [2.24, 2.45) is 0 Å². The predicted molar refractivity (Wildman–Crippen MR) is 93.2 cm³/mol. The molecule has 110 valence electrons. The monoisotopic (exact) mass is 317 g/mol. The number of fused-ring (bicyclic) bond motifs is 2. The van der Waals surface area contributed by atoms with E-state index in [0.717, 1.165) is 11.6 Å². The van der Waals surface area contributed by atoms with E-state index < -0.39 is 0 Å². The van der Waals surface area contributed by atoms with E-state index in [1.807, 2.05) is 17.8 Å². The Balaban J connectivity index is 1.91. The Morgan fingerprint density at radius 2 is 1.76 bits per heavy atom. The van der Waals surface area contributed by atoms with Crippen molar-refractivity contribution in [3.63, 3.8) is 0 Å². The van der Waals surface area contributed by atoms with Gasteiger partial charge in [0.15, 0.2) is 0 Å². The number of para-hydroxylation sites is 1. The largest absolute Gasteiger partial charge is 0.340 e. The molecular formula is C18H20ClNS. The van der Waals surface area contributed by atoms with E-state index in [4.69, 9.17) is 11.6 Å². The topological polar surface area (TPSA) is 3.24 Å². The summed E-state index contributed by atoms with van der Waals surface area (Å²) < 4.78 is 0. The van der Waals surface area contributed by atoms with Crippen molar-refractivity contribution in [3.05, 3.63) is 47.5 Å². The van der Waals surface area contributed by atoms with Crippen LogP contribution in [0.15, 0.2) is 52.3 Å².